The highest BCUT2D eigenvalue weighted by Gasteiger charge is 2.20. The van der Waals surface area contributed by atoms with Crippen LogP contribution >= 0.6 is 69.7 Å². The Hall–Kier alpha value is -1.00. The predicted octanol–water partition coefficient (Wildman–Crippen LogP) is 7.54. The lowest BCUT2D eigenvalue weighted by Gasteiger charge is -1.94. The van der Waals surface area contributed by atoms with Crippen molar-refractivity contribution in [3.63, 3.8) is 0 Å². The van der Waals surface area contributed by atoms with E-state index in [1.165, 1.54) is 22.5 Å². The van der Waals surface area contributed by atoms with Crippen LogP contribution in [0.5, 0.6) is 0 Å². The van der Waals surface area contributed by atoms with Gasteiger partial charge >= 0.3 is 0 Å². The largest absolute Gasteiger partial charge is 0.192 e. The van der Waals surface area contributed by atoms with Gasteiger partial charge in [0.2, 0.25) is 0 Å². The van der Waals surface area contributed by atoms with E-state index in [1.54, 1.807) is 52.3 Å². The van der Waals surface area contributed by atoms with Crippen molar-refractivity contribution in [3.05, 3.63) is 52.3 Å². The highest BCUT2D eigenvalue weighted by Crippen LogP contribution is 2.56. The molecule has 0 N–H and O–H groups in total. The van der Waals surface area contributed by atoms with E-state index in [0.717, 1.165) is 9.75 Å². The standard InChI is InChI=1S/C18H12N2S6/c1-21-17-18(22-2)26-16(25-17)8-13-4-6-15(24-13)14-5-3-12(23-14)7-11(9-19)10-20/h3-8H,1-2H3. The summed E-state index contributed by atoms with van der Waals surface area (Å²) in [5, 5.41) is 17.7. The molecule has 2 aromatic heterocycles. The molecule has 2 aromatic rings. The average molecular weight is 449 g/mol. The number of thiophene rings is 2. The fraction of sp³-hybridized carbons (Fsp3) is 0.111. The van der Waals surface area contributed by atoms with E-state index in [2.05, 4.69) is 30.7 Å². The first-order valence-corrected chi connectivity index (χ1v) is 13.0. The second kappa shape index (κ2) is 9.27. The molecule has 2 nitrogen and oxygen atoms in total. The third kappa shape index (κ3) is 4.64. The Bertz CT molecular complexity index is 960. The van der Waals surface area contributed by atoms with Crippen LogP contribution < -0.4 is 0 Å². The summed E-state index contributed by atoms with van der Waals surface area (Å²) >= 11 is 10.7. The molecule has 0 aliphatic carbocycles. The van der Waals surface area contributed by atoms with Gasteiger partial charge in [0.05, 0.1) is 12.7 Å². The Labute approximate surface area is 178 Å². The minimum absolute atomic E-state index is 0.131. The molecule has 0 saturated carbocycles. The summed E-state index contributed by atoms with van der Waals surface area (Å²) in [6.45, 7) is 0. The molecular weight excluding hydrogens is 437 g/mol. The van der Waals surface area contributed by atoms with Gasteiger partial charge in [0.15, 0.2) is 0 Å². The minimum Gasteiger partial charge on any atom is -0.192 e. The van der Waals surface area contributed by atoms with Crippen molar-refractivity contribution < 1.29 is 0 Å². The molecule has 26 heavy (non-hydrogen) atoms. The molecule has 0 radical (unpaired) electrons. The summed E-state index contributed by atoms with van der Waals surface area (Å²) in [4.78, 5) is 4.51. The van der Waals surface area contributed by atoms with Crippen LogP contribution in [0.25, 0.3) is 21.9 Å². The van der Waals surface area contributed by atoms with Crippen LogP contribution in [0.15, 0.2) is 42.6 Å². The molecule has 0 spiro atoms. The first-order chi connectivity index (χ1) is 12.7. The normalized spacial score (nSPS) is 13.5. The highest BCUT2D eigenvalue weighted by atomic mass is 32.3. The summed E-state index contributed by atoms with van der Waals surface area (Å²) in [6, 6.07) is 12.1. The van der Waals surface area contributed by atoms with Gasteiger partial charge in [-0.25, -0.2) is 0 Å². The highest BCUT2D eigenvalue weighted by molar-refractivity contribution is 8.40. The lowest BCUT2D eigenvalue weighted by Crippen LogP contribution is -1.68. The van der Waals surface area contributed by atoms with Crippen LogP contribution in [-0.4, -0.2) is 12.5 Å². The molecule has 0 bridgehead atoms. The Morgan fingerprint density at radius 2 is 1.42 bits per heavy atom. The number of thioether (sulfide) groups is 4. The van der Waals surface area contributed by atoms with E-state index < -0.39 is 0 Å². The zero-order valence-electron chi connectivity index (χ0n) is 13.8. The van der Waals surface area contributed by atoms with Gasteiger partial charge < -0.3 is 0 Å². The maximum Gasteiger partial charge on any atom is 0.131 e. The third-order valence-corrected chi connectivity index (χ3v) is 10.6. The molecule has 8 heteroatoms. The fourth-order valence-electron chi connectivity index (χ4n) is 2.07. The van der Waals surface area contributed by atoms with Gasteiger partial charge in [-0.05, 0) is 48.9 Å². The number of rotatable bonds is 5. The summed E-state index contributed by atoms with van der Waals surface area (Å²) in [5.41, 5.74) is 0.131. The second-order valence-corrected chi connectivity index (χ2v) is 11.6. The summed E-state index contributed by atoms with van der Waals surface area (Å²) in [7, 11) is 0. The van der Waals surface area contributed by atoms with Crippen LogP contribution in [0.4, 0.5) is 0 Å². The molecule has 3 rings (SSSR count). The molecule has 1 aliphatic rings. The zero-order chi connectivity index (χ0) is 18.5. The van der Waals surface area contributed by atoms with E-state index in [9.17, 15) is 0 Å². The van der Waals surface area contributed by atoms with Crippen molar-refractivity contribution in [2.45, 2.75) is 0 Å². The molecule has 0 fully saturated rings. The topological polar surface area (TPSA) is 47.6 Å². The maximum absolute atomic E-state index is 8.87. The Kier molecular flexibility index (Phi) is 7.05. The average Bonchev–Trinajstić information content (AvgIpc) is 3.39. The second-order valence-electron chi connectivity index (χ2n) is 4.84. The Balaban J connectivity index is 1.77. The summed E-state index contributed by atoms with van der Waals surface area (Å²) in [6.07, 6.45) is 8.13. The quantitative estimate of drug-likeness (QED) is 0.440. The van der Waals surface area contributed by atoms with Crippen molar-refractivity contribution in [2.75, 3.05) is 12.5 Å². The molecule has 130 valence electrons. The molecular formula is C18H12N2S6. The lowest BCUT2D eigenvalue weighted by atomic mass is 10.3. The van der Waals surface area contributed by atoms with Gasteiger partial charge in [-0.3, -0.25) is 0 Å². The number of hydrogen-bond acceptors (Lipinski definition) is 8. The van der Waals surface area contributed by atoms with Crippen LogP contribution in [0, 0.1) is 22.7 Å². The van der Waals surface area contributed by atoms with Gasteiger partial charge in [0.1, 0.15) is 17.7 Å². The van der Waals surface area contributed by atoms with Gasteiger partial charge in [0, 0.05) is 19.5 Å². The number of allylic oxidation sites excluding steroid dienone is 1. The molecule has 0 unspecified atom stereocenters. The number of nitriles is 2. The van der Waals surface area contributed by atoms with Gasteiger partial charge in [0.25, 0.3) is 0 Å². The first-order valence-electron chi connectivity index (χ1n) is 7.28. The van der Waals surface area contributed by atoms with E-state index in [4.69, 9.17) is 10.5 Å². The summed E-state index contributed by atoms with van der Waals surface area (Å²) < 4.78 is 4.08. The van der Waals surface area contributed by atoms with Crippen LogP contribution in [0.1, 0.15) is 9.75 Å². The molecule has 0 aromatic carbocycles. The maximum atomic E-state index is 8.87. The van der Waals surface area contributed by atoms with Crippen molar-refractivity contribution in [1.82, 2.24) is 0 Å². The predicted molar refractivity (Wildman–Crippen MR) is 124 cm³/mol. The van der Waals surface area contributed by atoms with Crippen molar-refractivity contribution in [3.8, 4) is 21.9 Å². The molecule has 1 aliphatic heterocycles. The SMILES string of the molecule is CSC1=C(SC)SC(=Cc2ccc(-c3ccc(C=C(C#N)C#N)s3)s2)S1. The van der Waals surface area contributed by atoms with Crippen LogP contribution in [-0.2, 0) is 0 Å². The molecule has 0 atom stereocenters. The van der Waals surface area contributed by atoms with Crippen LogP contribution in [0.3, 0.4) is 0 Å². The third-order valence-electron chi connectivity index (χ3n) is 3.21. The lowest BCUT2D eigenvalue weighted by molar-refractivity contribution is 1.47. The van der Waals surface area contributed by atoms with E-state index >= 15 is 0 Å². The monoisotopic (exact) mass is 448 g/mol. The number of nitrogens with zero attached hydrogens (tertiary/aromatic N) is 2. The fourth-order valence-corrected chi connectivity index (χ4v) is 9.14. The molecule has 0 saturated heterocycles. The van der Waals surface area contributed by atoms with E-state index in [0.29, 0.717) is 0 Å². The van der Waals surface area contributed by atoms with Crippen molar-refractivity contribution in [1.29, 1.82) is 10.5 Å². The minimum atomic E-state index is 0.131. The van der Waals surface area contributed by atoms with Crippen molar-refractivity contribution in [2.24, 2.45) is 0 Å². The zero-order valence-corrected chi connectivity index (χ0v) is 18.7. The molecule has 3 heterocycles. The van der Waals surface area contributed by atoms with Gasteiger partial charge in [-0.15, -0.1) is 46.2 Å². The Morgan fingerprint density at radius 3 is 1.96 bits per heavy atom. The van der Waals surface area contributed by atoms with Gasteiger partial charge in [-0.1, -0.05) is 23.5 Å². The summed E-state index contributed by atoms with van der Waals surface area (Å²) in [5.74, 6) is 0. The molecule has 0 amide bonds. The number of hydrogen-bond donors (Lipinski definition) is 0. The Morgan fingerprint density at radius 1 is 0.885 bits per heavy atom. The van der Waals surface area contributed by atoms with E-state index in [1.807, 2.05) is 47.8 Å². The van der Waals surface area contributed by atoms with Gasteiger partial charge in [-0.2, -0.15) is 10.5 Å². The first kappa shape index (κ1) is 19.8. The van der Waals surface area contributed by atoms with Crippen molar-refractivity contribution >= 4 is 81.9 Å². The van der Waals surface area contributed by atoms with Crippen LogP contribution in [0.2, 0.25) is 0 Å². The smallest absolute Gasteiger partial charge is 0.131 e. The van der Waals surface area contributed by atoms with E-state index in [-0.39, 0.29) is 5.57 Å².